The fourth-order valence-corrected chi connectivity index (χ4v) is 4.18. The molecule has 1 aromatic rings. The first kappa shape index (κ1) is 18.3. The maximum Gasteiger partial charge on any atom is 0.191 e. The number of para-hydroxylation sites is 1. The normalized spacial score (nSPS) is 28.7. The van der Waals surface area contributed by atoms with Crippen molar-refractivity contribution in [2.75, 3.05) is 20.2 Å². The van der Waals surface area contributed by atoms with Crippen LogP contribution >= 0.6 is 11.6 Å². The number of nitrogens with one attached hydrogen (secondary N) is 2. The van der Waals surface area contributed by atoms with E-state index in [0.717, 1.165) is 19.0 Å². The molecule has 3 rings (SSSR count). The summed E-state index contributed by atoms with van der Waals surface area (Å²) in [5.74, 6) is 2.08. The molecule has 4 unspecified atom stereocenters. The average molecular weight is 366 g/mol. The number of ether oxygens (including phenoxy) is 2. The Kier molecular flexibility index (Phi) is 5.44. The van der Waals surface area contributed by atoms with Gasteiger partial charge >= 0.3 is 0 Å². The molecule has 0 radical (unpaired) electrons. The molecule has 4 atom stereocenters. The van der Waals surface area contributed by atoms with Gasteiger partial charge < -0.3 is 20.1 Å². The predicted octanol–water partition coefficient (Wildman–Crippen LogP) is 3.09. The number of rotatable bonds is 5. The van der Waals surface area contributed by atoms with Crippen LogP contribution in [0.1, 0.15) is 27.2 Å². The fraction of sp³-hybridized carbons (Fsp3) is 0.632. The van der Waals surface area contributed by atoms with Gasteiger partial charge in [0.2, 0.25) is 0 Å². The minimum atomic E-state index is -0.0320. The molecule has 0 bridgehead atoms. The van der Waals surface area contributed by atoms with Crippen molar-refractivity contribution >= 4 is 17.6 Å². The lowest BCUT2D eigenvalue weighted by atomic mass is 9.57. The van der Waals surface area contributed by atoms with Gasteiger partial charge in [-0.1, -0.05) is 37.6 Å². The highest BCUT2D eigenvalue weighted by atomic mass is 35.5. The Morgan fingerprint density at radius 1 is 1.44 bits per heavy atom. The molecule has 0 amide bonds. The molecule has 2 fully saturated rings. The van der Waals surface area contributed by atoms with Crippen LogP contribution in [0.25, 0.3) is 0 Å². The highest BCUT2D eigenvalue weighted by Gasteiger charge is 2.59. The Morgan fingerprint density at radius 3 is 2.92 bits per heavy atom. The van der Waals surface area contributed by atoms with Crippen LogP contribution in [0, 0.1) is 11.3 Å². The SMILES string of the molecule is CN=C(NCC(C)Oc1ccccc1Cl)NC1C2CCOC2C1(C)C. The van der Waals surface area contributed by atoms with Gasteiger partial charge in [0.1, 0.15) is 11.9 Å². The van der Waals surface area contributed by atoms with Crippen LogP contribution in [0.5, 0.6) is 5.75 Å². The fourth-order valence-electron chi connectivity index (χ4n) is 4.00. The van der Waals surface area contributed by atoms with Gasteiger partial charge in [0, 0.05) is 31.0 Å². The van der Waals surface area contributed by atoms with E-state index in [1.54, 1.807) is 7.05 Å². The molecular formula is C19H28ClN3O2. The number of halogens is 1. The third kappa shape index (κ3) is 3.72. The minimum absolute atomic E-state index is 0.0320. The monoisotopic (exact) mass is 365 g/mol. The summed E-state index contributed by atoms with van der Waals surface area (Å²) >= 11 is 6.14. The summed E-state index contributed by atoms with van der Waals surface area (Å²) in [5, 5.41) is 7.55. The van der Waals surface area contributed by atoms with Crippen molar-refractivity contribution in [3.05, 3.63) is 29.3 Å². The van der Waals surface area contributed by atoms with Gasteiger partial charge in [-0.15, -0.1) is 0 Å². The number of aliphatic imine (C=N–C) groups is 1. The topological polar surface area (TPSA) is 54.9 Å². The molecule has 25 heavy (non-hydrogen) atoms. The van der Waals surface area contributed by atoms with E-state index >= 15 is 0 Å². The van der Waals surface area contributed by atoms with Crippen molar-refractivity contribution < 1.29 is 9.47 Å². The second-order valence-corrected chi connectivity index (χ2v) is 7.91. The van der Waals surface area contributed by atoms with Gasteiger partial charge in [-0.3, -0.25) is 4.99 Å². The summed E-state index contributed by atoms with van der Waals surface area (Å²) in [6.07, 6.45) is 1.45. The van der Waals surface area contributed by atoms with Crippen LogP contribution in [0.15, 0.2) is 29.3 Å². The first-order valence-corrected chi connectivity index (χ1v) is 9.31. The summed E-state index contributed by atoms with van der Waals surface area (Å²) in [7, 11) is 1.79. The van der Waals surface area contributed by atoms with Crippen LogP contribution in [0.2, 0.25) is 5.02 Å². The number of fused-ring (bicyclic) bond motifs is 1. The van der Waals surface area contributed by atoms with Gasteiger partial charge in [0.05, 0.1) is 17.7 Å². The van der Waals surface area contributed by atoms with E-state index in [1.165, 1.54) is 0 Å². The number of benzene rings is 1. The number of nitrogens with zero attached hydrogens (tertiary/aromatic N) is 1. The lowest BCUT2D eigenvalue weighted by molar-refractivity contribution is -0.106. The molecule has 1 saturated carbocycles. The number of hydrogen-bond donors (Lipinski definition) is 2. The van der Waals surface area contributed by atoms with Gasteiger partial charge in [-0.2, -0.15) is 0 Å². The zero-order valence-corrected chi connectivity index (χ0v) is 16.1. The lowest BCUT2D eigenvalue weighted by Crippen LogP contribution is -2.68. The van der Waals surface area contributed by atoms with E-state index in [-0.39, 0.29) is 11.5 Å². The second kappa shape index (κ2) is 7.42. The predicted molar refractivity (Wildman–Crippen MR) is 101 cm³/mol. The maximum absolute atomic E-state index is 6.14. The Morgan fingerprint density at radius 2 is 2.20 bits per heavy atom. The zero-order chi connectivity index (χ0) is 18.0. The van der Waals surface area contributed by atoms with Gasteiger partial charge in [-0.05, 0) is 25.5 Å². The summed E-state index contributed by atoms with van der Waals surface area (Å²) < 4.78 is 11.8. The second-order valence-electron chi connectivity index (χ2n) is 7.50. The summed E-state index contributed by atoms with van der Waals surface area (Å²) in [4.78, 5) is 4.36. The molecule has 0 aromatic heterocycles. The van der Waals surface area contributed by atoms with Crippen molar-refractivity contribution in [3.8, 4) is 5.75 Å². The molecule has 6 heteroatoms. The Labute approximate surface area is 155 Å². The van der Waals surface area contributed by atoms with E-state index in [0.29, 0.717) is 35.4 Å². The Hall–Kier alpha value is -1.46. The largest absolute Gasteiger partial charge is 0.487 e. The molecule has 1 aliphatic carbocycles. The van der Waals surface area contributed by atoms with Gasteiger partial charge in [0.25, 0.3) is 0 Å². The molecule has 2 aliphatic rings. The first-order chi connectivity index (χ1) is 11.9. The molecule has 1 aliphatic heterocycles. The molecule has 138 valence electrons. The number of hydrogen-bond acceptors (Lipinski definition) is 3. The van der Waals surface area contributed by atoms with E-state index < -0.39 is 0 Å². The van der Waals surface area contributed by atoms with Crippen LogP contribution in [0.3, 0.4) is 0 Å². The highest BCUT2D eigenvalue weighted by Crippen LogP contribution is 2.52. The highest BCUT2D eigenvalue weighted by molar-refractivity contribution is 6.32. The lowest BCUT2D eigenvalue weighted by Gasteiger charge is -2.54. The van der Waals surface area contributed by atoms with E-state index in [1.807, 2.05) is 31.2 Å². The Bertz CT molecular complexity index is 635. The van der Waals surface area contributed by atoms with Crippen molar-refractivity contribution in [2.45, 2.75) is 45.4 Å². The maximum atomic E-state index is 6.14. The zero-order valence-electron chi connectivity index (χ0n) is 15.4. The van der Waals surface area contributed by atoms with E-state index in [9.17, 15) is 0 Å². The molecule has 1 heterocycles. The molecule has 0 spiro atoms. The van der Waals surface area contributed by atoms with E-state index in [2.05, 4.69) is 29.5 Å². The van der Waals surface area contributed by atoms with Crippen molar-refractivity contribution in [2.24, 2.45) is 16.3 Å². The van der Waals surface area contributed by atoms with Crippen molar-refractivity contribution in [1.82, 2.24) is 10.6 Å². The average Bonchev–Trinajstić information content (AvgIpc) is 3.04. The molecule has 5 nitrogen and oxygen atoms in total. The van der Waals surface area contributed by atoms with Gasteiger partial charge in [-0.25, -0.2) is 0 Å². The third-order valence-corrected chi connectivity index (χ3v) is 5.65. The van der Waals surface area contributed by atoms with E-state index in [4.69, 9.17) is 21.1 Å². The van der Waals surface area contributed by atoms with Crippen LogP contribution < -0.4 is 15.4 Å². The van der Waals surface area contributed by atoms with Crippen LogP contribution in [-0.2, 0) is 4.74 Å². The summed E-state index contributed by atoms with van der Waals surface area (Å²) in [5.41, 5.74) is 0.123. The quantitative estimate of drug-likeness (QED) is 0.622. The Balaban J connectivity index is 1.50. The van der Waals surface area contributed by atoms with Crippen LogP contribution in [0.4, 0.5) is 0 Å². The summed E-state index contributed by atoms with van der Waals surface area (Å²) in [6.45, 7) is 8.03. The minimum Gasteiger partial charge on any atom is -0.487 e. The first-order valence-electron chi connectivity index (χ1n) is 8.93. The van der Waals surface area contributed by atoms with Crippen LogP contribution in [-0.4, -0.2) is 44.4 Å². The molecule has 1 aromatic carbocycles. The number of guanidine groups is 1. The molecule has 1 saturated heterocycles. The molecular weight excluding hydrogens is 338 g/mol. The molecule has 2 N–H and O–H groups in total. The third-order valence-electron chi connectivity index (χ3n) is 5.34. The van der Waals surface area contributed by atoms with Crippen molar-refractivity contribution in [1.29, 1.82) is 0 Å². The van der Waals surface area contributed by atoms with Crippen molar-refractivity contribution in [3.63, 3.8) is 0 Å². The smallest absolute Gasteiger partial charge is 0.191 e. The standard InChI is InChI=1S/C19H28ClN3O2/c1-12(25-15-8-6-5-7-14(15)20)11-22-18(21-4)23-16-13-9-10-24-17(13)19(16,2)3/h5-8,12-13,16-17H,9-11H2,1-4H3,(H2,21,22,23). The van der Waals surface area contributed by atoms with Gasteiger partial charge in [0.15, 0.2) is 5.96 Å². The summed E-state index contributed by atoms with van der Waals surface area (Å²) in [6, 6.07) is 7.90.